The van der Waals surface area contributed by atoms with Gasteiger partial charge in [-0.2, -0.15) is 0 Å². The van der Waals surface area contributed by atoms with Crippen LogP contribution < -0.4 is 10.6 Å². The van der Waals surface area contributed by atoms with E-state index in [1.54, 1.807) is 19.0 Å². The lowest BCUT2D eigenvalue weighted by molar-refractivity contribution is -0.135. The monoisotopic (exact) mass is 569 g/mol. The largest absolute Gasteiger partial charge is 0.357 e. The van der Waals surface area contributed by atoms with E-state index in [0.717, 1.165) is 56.8 Å². The molecule has 1 heterocycles. The molecule has 184 valence electrons. The first-order valence-electron chi connectivity index (χ1n) is 12.1. The third kappa shape index (κ3) is 8.15. The first kappa shape index (κ1) is 27.4. The number of benzene rings is 1. The van der Waals surface area contributed by atoms with Crippen molar-refractivity contribution < 1.29 is 9.59 Å². The number of nitrogens with zero attached hydrogens (tertiary/aromatic N) is 3. The number of halogens is 1. The molecule has 0 spiro atoms. The van der Waals surface area contributed by atoms with Gasteiger partial charge in [0.2, 0.25) is 5.91 Å². The van der Waals surface area contributed by atoms with E-state index in [1.165, 1.54) is 19.3 Å². The van der Waals surface area contributed by atoms with Crippen molar-refractivity contribution in [3.8, 4) is 0 Å². The molecule has 1 saturated heterocycles. The van der Waals surface area contributed by atoms with E-state index in [2.05, 4.69) is 17.6 Å². The van der Waals surface area contributed by atoms with E-state index in [4.69, 9.17) is 4.99 Å². The highest BCUT2D eigenvalue weighted by Crippen LogP contribution is 2.26. The van der Waals surface area contributed by atoms with Gasteiger partial charge in [-0.3, -0.25) is 14.6 Å². The quantitative estimate of drug-likeness (QED) is 0.300. The Morgan fingerprint density at radius 3 is 2.61 bits per heavy atom. The maximum absolute atomic E-state index is 12.8. The summed E-state index contributed by atoms with van der Waals surface area (Å²) in [7, 11) is 3.53. The van der Waals surface area contributed by atoms with Crippen LogP contribution in [0.5, 0.6) is 0 Å². The van der Waals surface area contributed by atoms with Crippen molar-refractivity contribution >= 4 is 41.8 Å². The number of aliphatic imine (C=N–C) groups is 1. The predicted molar refractivity (Wildman–Crippen MR) is 144 cm³/mol. The van der Waals surface area contributed by atoms with Gasteiger partial charge in [0.15, 0.2) is 5.96 Å². The maximum atomic E-state index is 12.8. The lowest BCUT2D eigenvalue weighted by Crippen LogP contribution is -2.45. The third-order valence-electron chi connectivity index (χ3n) is 6.39. The zero-order chi connectivity index (χ0) is 22.9. The van der Waals surface area contributed by atoms with E-state index in [1.807, 2.05) is 29.2 Å². The van der Waals surface area contributed by atoms with Crippen LogP contribution >= 0.6 is 24.0 Å². The summed E-state index contributed by atoms with van der Waals surface area (Å²) < 4.78 is 0. The van der Waals surface area contributed by atoms with Gasteiger partial charge in [0.05, 0.1) is 0 Å². The molecule has 1 aliphatic heterocycles. The van der Waals surface area contributed by atoms with Gasteiger partial charge in [-0.1, -0.05) is 31.4 Å². The van der Waals surface area contributed by atoms with Crippen LogP contribution in [0.25, 0.3) is 0 Å². The van der Waals surface area contributed by atoms with Gasteiger partial charge in [0, 0.05) is 57.8 Å². The number of carbonyl (C=O) groups is 2. The van der Waals surface area contributed by atoms with Crippen molar-refractivity contribution in [1.29, 1.82) is 0 Å². The van der Waals surface area contributed by atoms with Crippen molar-refractivity contribution in [2.24, 2.45) is 10.9 Å². The number of rotatable bonds is 7. The van der Waals surface area contributed by atoms with Crippen molar-refractivity contribution in [1.82, 2.24) is 20.4 Å². The van der Waals surface area contributed by atoms with E-state index in [9.17, 15) is 9.59 Å². The number of hydrogen-bond donors (Lipinski definition) is 2. The fourth-order valence-electron chi connectivity index (χ4n) is 4.61. The van der Waals surface area contributed by atoms with Gasteiger partial charge in [-0.05, 0) is 50.3 Å². The Morgan fingerprint density at radius 2 is 1.91 bits per heavy atom. The summed E-state index contributed by atoms with van der Waals surface area (Å²) in [6, 6.07) is 8.00. The second kappa shape index (κ2) is 13.8. The van der Waals surface area contributed by atoms with Crippen LogP contribution in [0.1, 0.15) is 61.4 Å². The number of amides is 2. The Morgan fingerprint density at radius 1 is 1.15 bits per heavy atom. The summed E-state index contributed by atoms with van der Waals surface area (Å²) in [5.41, 5.74) is 1.80. The van der Waals surface area contributed by atoms with Crippen LogP contribution in [0.4, 0.5) is 0 Å². The average Bonchev–Trinajstić information content (AvgIpc) is 3.27. The zero-order valence-corrected chi connectivity index (χ0v) is 22.6. The molecule has 2 fully saturated rings. The molecule has 7 nitrogen and oxygen atoms in total. The van der Waals surface area contributed by atoms with E-state index in [-0.39, 0.29) is 41.8 Å². The normalized spacial score (nSPS) is 19.1. The Hall–Kier alpha value is -1.84. The summed E-state index contributed by atoms with van der Waals surface area (Å²) >= 11 is 0. The van der Waals surface area contributed by atoms with E-state index < -0.39 is 0 Å². The van der Waals surface area contributed by atoms with Gasteiger partial charge in [0.25, 0.3) is 5.91 Å². The van der Waals surface area contributed by atoms with E-state index in [0.29, 0.717) is 18.0 Å². The molecule has 1 aliphatic carbocycles. The highest BCUT2D eigenvalue weighted by molar-refractivity contribution is 14.0. The number of carbonyl (C=O) groups excluding carboxylic acids is 2. The van der Waals surface area contributed by atoms with Gasteiger partial charge in [0.1, 0.15) is 0 Å². The molecule has 1 aromatic carbocycles. The highest BCUT2D eigenvalue weighted by atomic mass is 127. The lowest BCUT2D eigenvalue weighted by atomic mass is 9.88. The average molecular weight is 570 g/mol. The van der Waals surface area contributed by atoms with Crippen LogP contribution in [0.3, 0.4) is 0 Å². The summed E-state index contributed by atoms with van der Waals surface area (Å²) in [6.07, 6.45) is 7.48. The molecule has 8 heteroatoms. The van der Waals surface area contributed by atoms with Gasteiger partial charge in [-0.25, -0.2) is 0 Å². The summed E-state index contributed by atoms with van der Waals surface area (Å²) in [6.45, 7) is 5.07. The molecule has 1 unspecified atom stereocenters. The Labute approximate surface area is 215 Å². The number of guanidine groups is 1. The third-order valence-corrected chi connectivity index (χ3v) is 6.39. The lowest BCUT2D eigenvalue weighted by Gasteiger charge is -2.26. The minimum absolute atomic E-state index is 0. The molecule has 2 aliphatic rings. The van der Waals surface area contributed by atoms with Gasteiger partial charge < -0.3 is 20.4 Å². The van der Waals surface area contributed by atoms with Crippen LogP contribution in [-0.2, 0) is 11.2 Å². The molecule has 1 aromatic rings. The molecule has 1 atom stereocenters. The van der Waals surface area contributed by atoms with Crippen molar-refractivity contribution in [3.05, 3.63) is 35.4 Å². The second-order valence-electron chi connectivity index (χ2n) is 9.16. The SMILES string of the molecule is CCNC(=NCCc1cccc(C(=O)N(C)C)c1)NC1CCN(C(=O)C2CCCCC2)C1.I. The molecule has 2 N–H and O–H groups in total. The Kier molecular flexibility index (Phi) is 11.4. The van der Waals surface area contributed by atoms with Crippen LogP contribution in [0.2, 0.25) is 0 Å². The molecule has 1 saturated carbocycles. The first-order valence-corrected chi connectivity index (χ1v) is 12.1. The second-order valence-corrected chi connectivity index (χ2v) is 9.16. The summed E-state index contributed by atoms with van der Waals surface area (Å²) in [5, 5.41) is 6.84. The minimum atomic E-state index is 0. The highest BCUT2D eigenvalue weighted by Gasteiger charge is 2.31. The number of hydrogen-bond acceptors (Lipinski definition) is 3. The first-order chi connectivity index (χ1) is 15.5. The fourth-order valence-corrected chi connectivity index (χ4v) is 4.61. The van der Waals surface area contributed by atoms with Gasteiger partial charge >= 0.3 is 0 Å². The molecule has 3 rings (SSSR count). The molecule has 0 bridgehead atoms. The minimum Gasteiger partial charge on any atom is -0.357 e. The molecule has 33 heavy (non-hydrogen) atoms. The Bertz CT molecular complexity index is 808. The van der Waals surface area contributed by atoms with Crippen molar-refractivity contribution in [2.45, 2.75) is 57.9 Å². The fraction of sp³-hybridized carbons (Fsp3) is 0.640. The molecule has 0 aromatic heterocycles. The molecular weight excluding hydrogens is 529 g/mol. The Balaban J connectivity index is 0.00000385. The summed E-state index contributed by atoms with van der Waals surface area (Å²) in [5.74, 6) is 1.39. The molecule has 0 radical (unpaired) electrons. The van der Waals surface area contributed by atoms with Crippen LogP contribution in [0, 0.1) is 5.92 Å². The van der Waals surface area contributed by atoms with Crippen molar-refractivity contribution in [3.63, 3.8) is 0 Å². The van der Waals surface area contributed by atoms with Crippen molar-refractivity contribution in [2.75, 3.05) is 40.3 Å². The summed E-state index contributed by atoms with van der Waals surface area (Å²) in [4.78, 5) is 33.4. The number of nitrogens with one attached hydrogen (secondary N) is 2. The molecule has 2 amide bonds. The van der Waals surface area contributed by atoms with Gasteiger partial charge in [-0.15, -0.1) is 24.0 Å². The number of likely N-dealkylation sites (tertiary alicyclic amines) is 1. The maximum Gasteiger partial charge on any atom is 0.253 e. The van der Waals surface area contributed by atoms with Crippen LogP contribution in [0.15, 0.2) is 29.3 Å². The zero-order valence-electron chi connectivity index (χ0n) is 20.3. The standard InChI is InChI=1S/C25H39N5O2.HI/c1-4-26-25(27-15-13-19-9-8-12-21(17-19)23(31)29(2)3)28-22-14-16-30(18-22)24(32)20-10-6-5-7-11-20;/h8-9,12,17,20,22H,4-7,10-11,13-16,18H2,1-3H3,(H2,26,27,28);1H. The smallest absolute Gasteiger partial charge is 0.253 e. The molecular formula is C25H40IN5O2. The van der Waals surface area contributed by atoms with Crippen LogP contribution in [-0.4, -0.2) is 73.9 Å². The predicted octanol–water partition coefficient (Wildman–Crippen LogP) is 3.29. The topological polar surface area (TPSA) is 77.0 Å². The van der Waals surface area contributed by atoms with E-state index >= 15 is 0 Å².